The van der Waals surface area contributed by atoms with Gasteiger partial charge in [0.05, 0.1) is 24.1 Å². The topological polar surface area (TPSA) is 119 Å². The number of aryl methyl sites for hydroxylation is 1. The zero-order valence-corrected chi connectivity index (χ0v) is 18.2. The highest BCUT2D eigenvalue weighted by Gasteiger charge is 2.22. The van der Waals surface area contributed by atoms with Crippen molar-refractivity contribution in [2.75, 3.05) is 18.0 Å². The van der Waals surface area contributed by atoms with Gasteiger partial charge >= 0.3 is 5.97 Å². The van der Waals surface area contributed by atoms with Crippen molar-refractivity contribution in [2.24, 2.45) is 0 Å². The highest BCUT2D eigenvalue weighted by molar-refractivity contribution is 7.81. The molecule has 0 saturated carbocycles. The minimum atomic E-state index is -2.68. The molecule has 2 N–H and O–H groups in total. The lowest BCUT2D eigenvalue weighted by Crippen LogP contribution is -2.29. The fraction of sp³-hybridized carbons (Fsp3) is 0.158. The van der Waals surface area contributed by atoms with Gasteiger partial charge in [0.25, 0.3) is 5.91 Å². The molecule has 3 aromatic rings. The zero-order chi connectivity index (χ0) is 22.0. The van der Waals surface area contributed by atoms with Crippen LogP contribution in [-0.2, 0) is 16.1 Å². The number of methoxy groups -OCH3 is 1. The van der Waals surface area contributed by atoms with Gasteiger partial charge < -0.3 is 19.7 Å². The summed E-state index contributed by atoms with van der Waals surface area (Å²) in [6.45, 7) is 1.26. The third-order valence-electron chi connectivity index (χ3n) is 4.27. The van der Waals surface area contributed by atoms with Crippen LogP contribution in [0.5, 0.6) is 5.75 Å². The third-order valence-corrected chi connectivity index (χ3v) is 6.55. The Balaban J connectivity index is 2.07. The normalized spacial score (nSPS) is 11.9. The molecule has 30 heavy (non-hydrogen) atoms. The van der Waals surface area contributed by atoms with Crippen LogP contribution in [0, 0.1) is 6.92 Å². The molecule has 2 aromatic carbocycles. The second-order valence-corrected chi connectivity index (χ2v) is 8.41. The quantitative estimate of drug-likeness (QED) is 0.512. The van der Waals surface area contributed by atoms with Crippen LogP contribution in [0.25, 0.3) is 10.1 Å². The zero-order valence-electron chi connectivity index (χ0n) is 15.8. The van der Waals surface area contributed by atoms with Gasteiger partial charge in [0.2, 0.25) is 0 Å². The first kappa shape index (κ1) is 22.0. The van der Waals surface area contributed by atoms with Crippen LogP contribution in [0.2, 0.25) is 5.02 Å². The summed E-state index contributed by atoms with van der Waals surface area (Å²) < 4.78 is 31.6. The average Bonchev–Trinajstić information content (AvgIpc) is 3.02. The Morgan fingerprint density at radius 3 is 2.67 bits per heavy atom. The summed E-state index contributed by atoms with van der Waals surface area (Å²) in [5.41, 5.74) is 1.07. The Morgan fingerprint density at radius 1 is 1.30 bits per heavy atom. The van der Waals surface area contributed by atoms with Crippen LogP contribution in [0.15, 0.2) is 36.4 Å². The van der Waals surface area contributed by atoms with Crippen LogP contribution >= 0.6 is 22.9 Å². The maximum atomic E-state index is 12.2. The molecule has 0 spiro atoms. The van der Waals surface area contributed by atoms with Gasteiger partial charge in [0, 0.05) is 15.3 Å². The second-order valence-electron chi connectivity index (χ2n) is 6.15. The van der Waals surface area contributed by atoms with E-state index in [1.54, 1.807) is 19.1 Å². The van der Waals surface area contributed by atoms with E-state index in [9.17, 15) is 18.4 Å². The number of carbonyl (C=O) groups is 2. The molecular weight excluding hydrogens is 452 g/mol. The lowest BCUT2D eigenvalue weighted by atomic mass is 10.1. The lowest BCUT2D eigenvalue weighted by Gasteiger charge is -2.27. The van der Waals surface area contributed by atoms with Crippen molar-refractivity contribution in [3.8, 4) is 5.75 Å². The number of benzene rings is 2. The molecule has 1 amide bonds. The molecule has 0 bridgehead atoms. The van der Waals surface area contributed by atoms with E-state index in [0.29, 0.717) is 10.0 Å². The maximum absolute atomic E-state index is 12.2. The smallest absolute Gasteiger partial charge is 0.322 e. The number of hydrogen-bond acceptors (Lipinski definition) is 6. The fourth-order valence-electron chi connectivity index (χ4n) is 2.88. The Hall–Kier alpha value is -2.66. The number of hydrogen-bond donors (Lipinski definition) is 2. The van der Waals surface area contributed by atoms with E-state index in [0.717, 1.165) is 20.0 Å². The molecule has 0 fully saturated rings. The Bertz CT molecular complexity index is 1160. The molecule has 0 aliphatic heterocycles. The average molecular weight is 468 g/mol. The third kappa shape index (κ3) is 4.41. The molecule has 1 aromatic heterocycles. The number of nitrogens with one attached hydrogen (secondary N) is 1. The monoisotopic (exact) mass is 467 g/mol. The fourth-order valence-corrected chi connectivity index (χ4v) is 5.04. The van der Waals surface area contributed by atoms with Gasteiger partial charge in [-0.25, -0.2) is 0 Å². The molecule has 0 saturated heterocycles. The van der Waals surface area contributed by atoms with Crippen molar-refractivity contribution in [3.05, 3.63) is 52.5 Å². The molecule has 0 aliphatic rings. The number of rotatable bonds is 7. The first-order valence-electron chi connectivity index (χ1n) is 8.49. The molecule has 1 atom stereocenters. The molecule has 8 nitrogen and oxygen atoms in total. The number of amides is 1. The maximum Gasteiger partial charge on any atom is 0.322 e. The van der Waals surface area contributed by atoms with Crippen LogP contribution < -0.4 is 14.4 Å². The van der Waals surface area contributed by atoms with Crippen molar-refractivity contribution in [1.29, 1.82) is 0 Å². The van der Waals surface area contributed by atoms with E-state index < -0.39 is 29.7 Å². The number of aliphatic carboxylic acids is 1. The number of carboxylic acid groups (broad SMARTS) is 1. The van der Waals surface area contributed by atoms with Crippen molar-refractivity contribution < 1.29 is 28.2 Å². The number of fused-ring (bicyclic) bond motifs is 1. The molecule has 1 unspecified atom stereocenters. The van der Waals surface area contributed by atoms with Crippen molar-refractivity contribution in [3.63, 3.8) is 0 Å². The van der Waals surface area contributed by atoms with Gasteiger partial charge in [-0.3, -0.25) is 18.1 Å². The predicted molar refractivity (Wildman–Crippen MR) is 116 cm³/mol. The number of anilines is 2. The van der Waals surface area contributed by atoms with Gasteiger partial charge in [0.1, 0.15) is 17.3 Å². The number of halogens is 1. The van der Waals surface area contributed by atoms with E-state index in [2.05, 4.69) is 5.32 Å². The van der Waals surface area contributed by atoms with Gasteiger partial charge in [-0.1, -0.05) is 11.6 Å². The molecular formula is C19H16ClN2O6S2-. The molecule has 11 heteroatoms. The molecule has 158 valence electrons. The number of nitrogens with zero attached hydrogens (tertiary/aromatic N) is 1. The summed E-state index contributed by atoms with van der Waals surface area (Å²) in [5.74, 6) is -1.66. The Morgan fingerprint density at radius 2 is 2.03 bits per heavy atom. The van der Waals surface area contributed by atoms with Crippen LogP contribution in [0.1, 0.15) is 15.9 Å². The number of carboxylic acids is 1. The standard InChI is InChI=1S/C19H17ClN2O6S2/c1-10-13-8-12(20)4-6-16(13)29-19(10)22(30(26)27)14-5-3-11(7-15(14)28-2)18(25)21-9-17(23)24/h3-8H,9H2,1-2H3,(H,21,25)(H,23,24)(H,26,27)/p-1. The van der Waals surface area contributed by atoms with E-state index in [4.69, 9.17) is 21.4 Å². The van der Waals surface area contributed by atoms with Crippen LogP contribution in [0.4, 0.5) is 10.7 Å². The Labute approximate surface area is 183 Å². The lowest BCUT2D eigenvalue weighted by molar-refractivity contribution is -0.135. The van der Waals surface area contributed by atoms with Crippen molar-refractivity contribution >= 4 is 66.9 Å². The summed E-state index contributed by atoms with van der Waals surface area (Å²) in [4.78, 5) is 22.8. The predicted octanol–water partition coefficient (Wildman–Crippen LogP) is 3.62. The largest absolute Gasteiger partial charge is 0.755 e. The van der Waals surface area contributed by atoms with Gasteiger partial charge in [-0.05, 0) is 54.3 Å². The van der Waals surface area contributed by atoms with E-state index in [-0.39, 0.29) is 17.0 Å². The van der Waals surface area contributed by atoms with Gasteiger partial charge in [-0.2, -0.15) is 0 Å². The van der Waals surface area contributed by atoms with E-state index in [1.165, 1.54) is 36.6 Å². The van der Waals surface area contributed by atoms with Gasteiger partial charge in [0.15, 0.2) is 0 Å². The van der Waals surface area contributed by atoms with E-state index in [1.807, 2.05) is 6.07 Å². The van der Waals surface area contributed by atoms with Crippen LogP contribution in [-0.4, -0.2) is 39.4 Å². The summed E-state index contributed by atoms with van der Waals surface area (Å²) >= 11 is 4.67. The second kappa shape index (κ2) is 9.00. The number of carbonyl (C=O) groups excluding carboxylic acids is 1. The summed E-state index contributed by atoms with van der Waals surface area (Å²) in [5, 5.41) is 12.8. The SMILES string of the molecule is COc1cc(C(=O)NCC(=O)O)ccc1N(c1sc2ccc(Cl)cc2c1C)S(=O)[O-]. The van der Waals surface area contributed by atoms with Crippen molar-refractivity contribution in [2.45, 2.75) is 6.92 Å². The number of ether oxygens (including phenoxy) is 1. The molecule has 0 aliphatic carbocycles. The first-order valence-corrected chi connectivity index (χ1v) is 10.7. The molecule has 3 rings (SSSR count). The Kier molecular flexibility index (Phi) is 6.61. The minimum absolute atomic E-state index is 0.133. The summed E-state index contributed by atoms with van der Waals surface area (Å²) in [7, 11) is 1.35. The van der Waals surface area contributed by atoms with Crippen LogP contribution in [0.3, 0.4) is 0 Å². The highest BCUT2D eigenvalue weighted by atomic mass is 35.5. The van der Waals surface area contributed by atoms with Gasteiger partial charge in [-0.15, -0.1) is 11.3 Å². The number of thiophene rings is 1. The molecule has 0 radical (unpaired) electrons. The highest BCUT2D eigenvalue weighted by Crippen LogP contribution is 2.44. The van der Waals surface area contributed by atoms with Crippen molar-refractivity contribution in [1.82, 2.24) is 5.32 Å². The summed E-state index contributed by atoms with van der Waals surface area (Å²) in [6.07, 6.45) is 0. The first-order chi connectivity index (χ1) is 14.2. The van der Waals surface area contributed by atoms with E-state index >= 15 is 0 Å². The molecule has 1 heterocycles. The minimum Gasteiger partial charge on any atom is -0.755 e. The summed E-state index contributed by atoms with van der Waals surface area (Å²) in [6, 6.07) is 9.50.